The zero-order valence-electron chi connectivity index (χ0n) is 10.7. The minimum Gasteiger partial charge on any atom is -0.481 e. The molecule has 0 aliphatic rings. The van der Waals surface area contributed by atoms with Gasteiger partial charge in [-0.05, 0) is 12.1 Å². The van der Waals surface area contributed by atoms with Crippen molar-refractivity contribution in [3.63, 3.8) is 0 Å². The molecular weight excluding hydrogens is 262 g/mol. The summed E-state index contributed by atoms with van der Waals surface area (Å²) in [5.74, 6) is -1.06. The van der Waals surface area contributed by atoms with Gasteiger partial charge in [0, 0.05) is 17.1 Å². The maximum atomic E-state index is 12.0. The van der Waals surface area contributed by atoms with E-state index in [4.69, 9.17) is 10.2 Å². The summed E-state index contributed by atoms with van der Waals surface area (Å²) in [4.78, 5) is 22.9. The van der Waals surface area contributed by atoms with Gasteiger partial charge in [-0.3, -0.25) is 9.59 Å². The van der Waals surface area contributed by atoms with Crippen molar-refractivity contribution in [2.45, 2.75) is 19.1 Å². The number of aromatic nitrogens is 1. The molecule has 0 aliphatic heterocycles. The number of hydrogen-bond acceptors (Lipinski definition) is 4. The Morgan fingerprint density at radius 2 is 2.00 bits per heavy atom. The van der Waals surface area contributed by atoms with Crippen LogP contribution in [-0.2, 0) is 17.8 Å². The van der Waals surface area contributed by atoms with Crippen molar-refractivity contribution in [2.75, 3.05) is 6.61 Å². The van der Waals surface area contributed by atoms with Gasteiger partial charge in [-0.15, -0.1) is 0 Å². The van der Waals surface area contributed by atoms with E-state index in [0.29, 0.717) is 16.6 Å². The molecule has 0 saturated carbocycles. The zero-order valence-corrected chi connectivity index (χ0v) is 10.7. The molecule has 1 heterocycles. The van der Waals surface area contributed by atoms with Crippen LogP contribution in [0.1, 0.15) is 5.69 Å². The minimum atomic E-state index is -1.06. The Labute approximate surface area is 114 Å². The number of aliphatic carboxylic acids is 1. The topological polar surface area (TPSA) is 99.8 Å². The van der Waals surface area contributed by atoms with Crippen LogP contribution in [0.3, 0.4) is 0 Å². The number of para-hydroxylation sites is 1. The van der Waals surface area contributed by atoms with Gasteiger partial charge in [0.25, 0.3) is 0 Å². The molecule has 1 unspecified atom stereocenters. The van der Waals surface area contributed by atoms with Crippen LogP contribution in [0, 0.1) is 0 Å². The Morgan fingerprint density at radius 1 is 1.30 bits per heavy atom. The predicted octanol–water partition coefficient (Wildman–Crippen LogP) is -0.0182. The Morgan fingerprint density at radius 3 is 2.65 bits per heavy atom. The molecule has 2 rings (SSSR count). The van der Waals surface area contributed by atoms with Crippen molar-refractivity contribution in [3.8, 4) is 0 Å². The van der Waals surface area contributed by atoms with Crippen LogP contribution in [0.25, 0.3) is 10.9 Å². The Balaban J connectivity index is 2.66. The Hall–Kier alpha value is -2.18. The lowest BCUT2D eigenvalue weighted by molar-refractivity contribution is -0.136. The number of nitrogens with zero attached hydrogens (tertiary/aromatic N) is 1. The average molecular weight is 277 g/mol. The van der Waals surface area contributed by atoms with Crippen LogP contribution in [0.2, 0.25) is 0 Å². The number of hydrogen-bond donors (Lipinski definition) is 3. The molecule has 20 heavy (non-hydrogen) atoms. The quantitative estimate of drug-likeness (QED) is 0.713. The monoisotopic (exact) mass is 277 g/mol. The molecule has 6 heteroatoms. The summed E-state index contributed by atoms with van der Waals surface area (Å²) in [5, 5.41) is 27.9. The van der Waals surface area contributed by atoms with Crippen LogP contribution in [-0.4, -0.2) is 38.6 Å². The number of aliphatic hydroxyl groups is 2. The van der Waals surface area contributed by atoms with E-state index in [2.05, 4.69) is 0 Å². The largest absolute Gasteiger partial charge is 0.481 e. The molecular formula is C14H15NO5. The van der Waals surface area contributed by atoms with Gasteiger partial charge < -0.3 is 19.9 Å². The maximum Gasteiger partial charge on any atom is 0.309 e. The second kappa shape index (κ2) is 5.85. The number of carboxylic acids is 1. The molecule has 0 radical (unpaired) electrons. The van der Waals surface area contributed by atoms with Gasteiger partial charge in [0.05, 0.1) is 31.2 Å². The van der Waals surface area contributed by atoms with Crippen molar-refractivity contribution >= 4 is 16.9 Å². The van der Waals surface area contributed by atoms with E-state index in [-0.39, 0.29) is 18.4 Å². The molecule has 0 fully saturated rings. The van der Waals surface area contributed by atoms with Crippen LogP contribution >= 0.6 is 0 Å². The fraction of sp³-hybridized carbons (Fsp3) is 0.286. The Kier molecular flexibility index (Phi) is 4.16. The van der Waals surface area contributed by atoms with Gasteiger partial charge in [-0.2, -0.15) is 0 Å². The van der Waals surface area contributed by atoms with E-state index >= 15 is 0 Å². The van der Waals surface area contributed by atoms with Crippen LogP contribution < -0.4 is 5.43 Å². The summed E-state index contributed by atoms with van der Waals surface area (Å²) in [6.45, 7) is -0.410. The molecule has 0 spiro atoms. The lowest BCUT2D eigenvalue weighted by Gasteiger charge is -2.18. The first kappa shape index (κ1) is 14.2. The first-order valence-corrected chi connectivity index (χ1v) is 6.15. The van der Waals surface area contributed by atoms with Crippen molar-refractivity contribution in [2.24, 2.45) is 0 Å². The predicted molar refractivity (Wildman–Crippen MR) is 72.6 cm³/mol. The number of aliphatic hydroxyl groups excluding tert-OH is 2. The van der Waals surface area contributed by atoms with Crippen molar-refractivity contribution in [3.05, 3.63) is 46.2 Å². The SMILES string of the molecule is O=C(O)Cc1cc(=O)c2ccccc2n1CC(O)CO. The van der Waals surface area contributed by atoms with Crippen LogP contribution in [0.15, 0.2) is 35.1 Å². The first-order valence-electron chi connectivity index (χ1n) is 6.15. The fourth-order valence-electron chi connectivity index (χ4n) is 2.16. The fourth-order valence-corrected chi connectivity index (χ4v) is 2.16. The number of benzene rings is 1. The Bertz CT molecular complexity index is 692. The lowest BCUT2D eigenvalue weighted by atomic mass is 10.1. The van der Waals surface area contributed by atoms with Gasteiger partial charge in [-0.1, -0.05) is 12.1 Å². The third-order valence-electron chi connectivity index (χ3n) is 3.04. The van der Waals surface area contributed by atoms with E-state index in [9.17, 15) is 14.7 Å². The van der Waals surface area contributed by atoms with E-state index in [1.807, 2.05) is 0 Å². The highest BCUT2D eigenvalue weighted by Gasteiger charge is 2.14. The summed E-state index contributed by atoms with van der Waals surface area (Å²) in [5.41, 5.74) is 0.587. The van der Waals surface area contributed by atoms with E-state index < -0.39 is 18.7 Å². The number of fused-ring (bicyclic) bond motifs is 1. The highest BCUT2D eigenvalue weighted by molar-refractivity contribution is 5.80. The molecule has 106 valence electrons. The van der Waals surface area contributed by atoms with Crippen molar-refractivity contribution in [1.29, 1.82) is 0 Å². The normalized spacial score (nSPS) is 12.5. The molecule has 1 aromatic heterocycles. The molecule has 6 nitrogen and oxygen atoms in total. The average Bonchev–Trinajstić information content (AvgIpc) is 2.42. The van der Waals surface area contributed by atoms with Gasteiger partial charge in [0.1, 0.15) is 0 Å². The van der Waals surface area contributed by atoms with Crippen molar-refractivity contribution in [1.82, 2.24) is 4.57 Å². The third kappa shape index (κ3) is 2.87. The molecule has 2 aromatic rings. The molecule has 0 amide bonds. The molecule has 0 aliphatic carbocycles. The third-order valence-corrected chi connectivity index (χ3v) is 3.04. The number of rotatable bonds is 5. The lowest BCUT2D eigenvalue weighted by Crippen LogP contribution is -2.25. The summed E-state index contributed by atoms with van der Waals surface area (Å²) < 4.78 is 1.56. The molecule has 0 bridgehead atoms. The molecule has 1 aromatic carbocycles. The second-order valence-corrected chi connectivity index (χ2v) is 4.53. The van der Waals surface area contributed by atoms with Crippen molar-refractivity contribution < 1.29 is 20.1 Å². The highest BCUT2D eigenvalue weighted by atomic mass is 16.4. The standard InChI is InChI=1S/C14H15NO5/c16-8-10(17)7-15-9(6-14(19)20)5-13(18)11-3-1-2-4-12(11)15/h1-5,10,16-17H,6-8H2,(H,19,20). The summed E-state index contributed by atoms with van der Waals surface area (Å²) in [6.07, 6.45) is -1.34. The maximum absolute atomic E-state index is 12.0. The molecule has 1 atom stereocenters. The van der Waals surface area contributed by atoms with Gasteiger partial charge in [-0.25, -0.2) is 0 Å². The van der Waals surface area contributed by atoms with E-state index in [0.717, 1.165) is 0 Å². The first-order chi connectivity index (χ1) is 9.52. The summed E-state index contributed by atoms with van der Waals surface area (Å²) in [6, 6.07) is 8.04. The summed E-state index contributed by atoms with van der Waals surface area (Å²) in [7, 11) is 0. The highest BCUT2D eigenvalue weighted by Crippen LogP contribution is 2.14. The molecule has 3 N–H and O–H groups in total. The zero-order chi connectivity index (χ0) is 14.7. The van der Waals surface area contributed by atoms with Gasteiger partial charge >= 0.3 is 5.97 Å². The van der Waals surface area contributed by atoms with Crippen LogP contribution in [0.5, 0.6) is 0 Å². The number of carbonyl (C=O) groups is 1. The minimum absolute atomic E-state index is 0.0277. The van der Waals surface area contributed by atoms with E-state index in [1.165, 1.54) is 6.07 Å². The van der Waals surface area contributed by atoms with Gasteiger partial charge in [0.15, 0.2) is 5.43 Å². The summed E-state index contributed by atoms with van der Waals surface area (Å²) >= 11 is 0. The van der Waals surface area contributed by atoms with Crippen LogP contribution in [0.4, 0.5) is 0 Å². The smallest absolute Gasteiger partial charge is 0.309 e. The van der Waals surface area contributed by atoms with Gasteiger partial charge in [0.2, 0.25) is 0 Å². The number of pyridine rings is 1. The molecule has 0 saturated heterocycles. The van der Waals surface area contributed by atoms with E-state index in [1.54, 1.807) is 28.8 Å². The second-order valence-electron chi connectivity index (χ2n) is 4.53. The number of carboxylic acid groups (broad SMARTS) is 1.